The van der Waals surface area contributed by atoms with Crippen LogP contribution in [0.3, 0.4) is 0 Å². The highest BCUT2D eigenvalue weighted by Crippen LogP contribution is 2.34. The van der Waals surface area contributed by atoms with Gasteiger partial charge in [0.15, 0.2) is 0 Å². The van der Waals surface area contributed by atoms with E-state index in [1.807, 2.05) is 25.1 Å². The van der Waals surface area contributed by atoms with E-state index in [1.165, 1.54) is 6.26 Å². The lowest BCUT2D eigenvalue weighted by atomic mass is 9.94. The molecule has 1 saturated heterocycles. The van der Waals surface area contributed by atoms with Crippen molar-refractivity contribution in [2.75, 3.05) is 25.9 Å². The maximum atomic E-state index is 12.1. The zero-order valence-corrected chi connectivity index (χ0v) is 13.4. The Hall–Kier alpha value is -1.11. The first-order valence-electron chi connectivity index (χ1n) is 7.32. The number of ether oxygens (including phenoxy) is 1. The summed E-state index contributed by atoms with van der Waals surface area (Å²) in [7, 11) is -3.25. The van der Waals surface area contributed by atoms with Crippen molar-refractivity contribution < 1.29 is 13.2 Å². The Balaban J connectivity index is 2.04. The molecule has 21 heavy (non-hydrogen) atoms. The smallest absolute Gasteiger partial charge is 0.211 e. The van der Waals surface area contributed by atoms with Crippen molar-refractivity contribution >= 4 is 10.0 Å². The highest BCUT2D eigenvalue weighted by molar-refractivity contribution is 7.88. The molecule has 0 saturated carbocycles. The van der Waals surface area contributed by atoms with Crippen molar-refractivity contribution in [3.05, 3.63) is 29.3 Å². The van der Waals surface area contributed by atoms with Gasteiger partial charge in [0.05, 0.1) is 12.8 Å². The Bertz CT molecular complexity index is 636. The van der Waals surface area contributed by atoms with Gasteiger partial charge in [-0.05, 0) is 32.4 Å². The third kappa shape index (κ3) is 3.07. The molecule has 2 aliphatic heterocycles. The molecule has 116 valence electrons. The Morgan fingerprint density at radius 1 is 1.38 bits per heavy atom. The van der Waals surface area contributed by atoms with Crippen LogP contribution in [0.5, 0.6) is 5.75 Å². The number of nitrogens with one attached hydrogen (secondary N) is 1. The lowest BCUT2D eigenvalue weighted by molar-refractivity contribution is 0.0332. The van der Waals surface area contributed by atoms with E-state index in [9.17, 15) is 8.42 Å². The molecule has 6 heteroatoms. The molecule has 3 rings (SSSR count). The van der Waals surface area contributed by atoms with Gasteiger partial charge in [0, 0.05) is 18.7 Å². The van der Waals surface area contributed by atoms with Gasteiger partial charge < -0.3 is 10.1 Å². The number of aryl methyl sites for hydroxylation is 1. The number of hydrogen-bond acceptors (Lipinski definition) is 4. The van der Waals surface area contributed by atoms with E-state index < -0.39 is 15.6 Å². The summed E-state index contributed by atoms with van der Waals surface area (Å²) >= 11 is 0. The molecular formula is C15H22N2O3S. The number of fused-ring (bicyclic) bond motifs is 1. The predicted octanol–water partition coefficient (Wildman–Crippen LogP) is 1.27. The van der Waals surface area contributed by atoms with E-state index in [0.29, 0.717) is 19.6 Å². The third-order valence-electron chi connectivity index (χ3n) is 4.26. The molecule has 1 aromatic carbocycles. The minimum absolute atomic E-state index is 0.387. The van der Waals surface area contributed by atoms with Crippen LogP contribution in [0.15, 0.2) is 18.2 Å². The molecule has 1 unspecified atom stereocenters. The van der Waals surface area contributed by atoms with Crippen molar-refractivity contribution in [2.24, 2.45) is 0 Å². The maximum Gasteiger partial charge on any atom is 0.211 e. The van der Waals surface area contributed by atoms with Gasteiger partial charge in [0.2, 0.25) is 10.0 Å². The summed E-state index contributed by atoms with van der Waals surface area (Å²) in [6.07, 6.45) is 3.15. The summed E-state index contributed by atoms with van der Waals surface area (Å²) in [6.45, 7) is 4.45. The molecule has 2 aliphatic rings. The molecule has 1 fully saturated rings. The van der Waals surface area contributed by atoms with Crippen molar-refractivity contribution in [1.82, 2.24) is 9.62 Å². The SMILES string of the molecule is Cc1ccc2c(c1)CN(S(C)(=O)=O)CC1(CCCNC1)O2. The molecule has 2 heterocycles. The van der Waals surface area contributed by atoms with Gasteiger partial charge in [-0.25, -0.2) is 8.42 Å². The topological polar surface area (TPSA) is 58.6 Å². The van der Waals surface area contributed by atoms with Crippen LogP contribution in [0, 0.1) is 6.92 Å². The average Bonchev–Trinajstić information content (AvgIpc) is 2.56. The van der Waals surface area contributed by atoms with E-state index in [1.54, 1.807) is 4.31 Å². The summed E-state index contributed by atoms with van der Waals surface area (Å²) < 4.78 is 32.1. The average molecular weight is 310 g/mol. The fourth-order valence-corrected chi connectivity index (χ4v) is 4.00. The maximum absolute atomic E-state index is 12.1. The van der Waals surface area contributed by atoms with Crippen LogP contribution in [0.4, 0.5) is 0 Å². The van der Waals surface area contributed by atoms with Gasteiger partial charge in [-0.2, -0.15) is 4.31 Å². The number of hydrogen-bond donors (Lipinski definition) is 1. The van der Waals surface area contributed by atoms with E-state index in [4.69, 9.17) is 4.74 Å². The van der Waals surface area contributed by atoms with Gasteiger partial charge in [0.25, 0.3) is 0 Å². The standard InChI is InChI=1S/C15H22N2O3S/c1-12-4-5-14-13(8-12)9-17(21(2,18)19)11-15(20-14)6-3-7-16-10-15/h4-5,8,16H,3,6-7,9-11H2,1-2H3. The van der Waals surface area contributed by atoms with Crippen molar-refractivity contribution in [3.8, 4) is 5.75 Å². The molecule has 0 aliphatic carbocycles. The van der Waals surface area contributed by atoms with Crippen molar-refractivity contribution in [3.63, 3.8) is 0 Å². The summed E-state index contributed by atoms with van der Waals surface area (Å²) in [5, 5.41) is 3.34. The van der Waals surface area contributed by atoms with Gasteiger partial charge in [-0.15, -0.1) is 0 Å². The molecule has 0 aromatic heterocycles. The minimum atomic E-state index is -3.25. The van der Waals surface area contributed by atoms with Crippen LogP contribution < -0.4 is 10.1 Å². The summed E-state index contributed by atoms with van der Waals surface area (Å²) in [6, 6.07) is 5.99. The van der Waals surface area contributed by atoms with Gasteiger partial charge in [-0.3, -0.25) is 0 Å². The zero-order valence-electron chi connectivity index (χ0n) is 12.6. The summed E-state index contributed by atoms with van der Waals surface area (Å²) in [5.74, 6) is 0.815. The van der Waals surface area contributed by atoms with Crippen LogP contribution in [-0.4, -0.2) is 44.2 Å². The molecule has 1 aromatic rings. The van der Waals surface area contributed by atoms with Crippen LogP contribution in [0.1, 0.15) is 24.0 Å². The monoisotopic (exact) mass is 310 g/mol. The number of nitrogens with zero attached hydrogens (tertiary/aromatic N) is 1. The molecular weight excluding hydrogens is 288 g/mol. The zero-order chi connectivity index (χ0) is 15.1. The van der Waals surface area contributed by atoms with E-state index >= 15 is 0 Å². The van der Waals surface area contributed by atoms with Gasteiger partial charge >= 0.3 is 0 Å². The molecule has 0 amide bonds. The Labute approximate surface area is 126 Å². The molecule has 1 N–H and O–H groups in total. The Kier molecular flexibility index (Phi) is 3.71. The molecule has 1 spiro atoms. The Morgan fingerprint density at radius 3 is 2.86 bits per heavy atom. The number of sulfonamides is 1. The second kappa shape index (κ2) is 5.26. The molecule has 1 atom stereocenters. The fourth-order valence-electron chi connectivity index (χ4n) is 3.16. The second-order valence-electron chi connectivity index (χ2n) is 6.21. The van der Waals surface area contributed by atoms with Crippen molar-refractivity contribution in [2.45, 2.75) is 31.9 Å². The van der Waals surface area contributed by atoms with Crippen LogP contribution in [-0.2, 0) is 16.6 Å². The number of rotatable bonds is 1. The van der Waals surface area contributed by atoms with Gasteiger partial charge in [0.1, 0.15) is 11.4 Å². The number of benzene rings is 1. The van der Waals surface area contributed by atoms with Crippen LogP contribution in [0.2, 0.25) is 0 Å². The van der Waals surface area contributed by atoms with Crippen LogP contribution >= 0.6 is 0 Å². The quantitative estimate of drug-likeness (QED) is 0.849. The second-order valence-corrected chi connectivity index (χ2v) is 8.19. The van der Waals surface area contributed by atoms with E-state index in [2.05, 4.69) is 5.32 Å². The third-order valence-corrected chi connectivity index (χ3v) is 5.45. The Morgan fingerprint density at radius 2 is 2.19 bits per heavy atom. The fraction of sp³-hybridized carbons (Fsp3) is 0.600. The summed E-state index contributed by atoms with van der Waals surface area (Å²) in [4.78, 5) is 0. The van der Waals surface area contributed by atoms with Gasteiger partial charge in [-0.1, -0.05) is 17.7 Å². The normalized spacial score (nSPS) is 27.0. The first kappa shape index (κ1) is 14.8. The van der Waals surface area contributed by atoms with E-state index in [-0.39, 0.29) is 0 Å². The highest BCUT2D eigenvalue weighted by Gasteiger charge is 2.41. The first-order valence-corrected chi connectivity index (χ1v) is 9.17. The largest absolute Gasteiger partial charge is 0.484 e. The lowest BCUT2D eigenvalue weighted by Crippen LogP contribution is -2.56. The molecule has 0 radical (unpaired) electrons. The lowest BCUT2D eigenvalue weighted by Gasteiger charge is -2.38. The minimum Gasteiger partial charge on any atom is -0.484 e. The molecule has 5 nitrogen and oxygen atoms in total. The number of piperidine rings is 1. The highest BCUT2D eigenvalue weighted by atomic mass is 32.2. The van der Waals surface area contributed by atoms with E-state index in [0.717, 1.165) is 36.3 Å². The molecule has 0 bridgehead atoms. The van der Waals surface area contributed by atoms with Crippen molar-refractivity contribution in [1.29, 1.82) is 0 Å². The van der Waals surface area contributed by atoms with Crippen LogP contribution in [0.25, 0.3) is 0 Å². The first-order chi connectivity index (χ1) is 9.88. The predicted molar refractivity (Wildman–Crippen MR) is 81.9 cm³/mol. The summed E-state index contributed by atoms with van der Waals surface area (Å²) in [5.41, 5.74) is 1.60.